The van der Waals surface area contributed by atoms with Crippen LogP contribution in [0.5, 0.6) is 5.75 Å². The highest BCUT2D eigenvalue weighted by molar-refractivity contribution is 5.80. The number of hydrogen-bond acceptors (Lipinski definition) is 6. The number of nitrogens with zero attached hydrogens (tertiary/aromatic N) is 2. The lowest BCUT2D eigenvalue weighted by Gasteiger charge is -2.34. The highest BCUT2D eigenvalue weighted by Gasteiger charge is 2.43. The van der Waals surface area contributed by atoms with Crippen LogP contribution in [-0.2, 0) is 19.1 Å². The Bertz CT molecular complexity index is 1270. The number of aryl methyl sites for hydroxylation is 2. The third-order valence-corrected chi connectivity index (χ3v) is 7.30. The first-order valence-electron chi connectivity index (χ1n) is 14.0. The lowest BCUT2D eigenvalue weighted by molar-refractivity contribution is -0.162. The number of rotatable bonds is 13. The number of methoxy groups -OCH3 is 1. The first-order chi connectivity index (χ1) is 18.9. The summed E-state index contributed by atoms with van der Waals surface area (Å²) in [4.78, 5) is 30.2. The molecule has 216 valence electrons. The van der Waals surface area contributed by atoms with Crippen molar-refractivity contribution in [3.05, 3.63) is 66.0 Å². The van der Waals surface area contributed by atoms with E-state index >= 15 is 0 Å². The highest BCUT2D eigenvalue weighted by Crippen LogP contribution is 2.40. The molecule has 1 unspecified atom stereocenters. The molecule has 1 heterocycles. The van der Waals surface area contributed by atoms with Gasteiger partial charge < -0.3 is 14.2 Å². The van der Waals surface area contributed by atoms with E-state index in [1.54, 1.807) is 6.20 Å². The molecular weight excluding hydrogens is 504 g/mol. The van der Waals surface area contributed by atoms with Crippen LogP contribution in [0, 0.1) is 30.6 Å². The molecule has 40 heavy (non-hydrogen) atoms. The quantitative estimate of drug-likeness (QED) is 0.167. The molecule has 7 heteroatoms. The Morgan fingerprint density at radius 2 is 1.62 bits per heavy atom. The molecule has 2 aromatic carbocycles. The maximum Gasteiger partial charge on any atom is 0.311 e. The van der Waals surface area contributed by atoms with E-state index in [4.69, 9.17) is 14.2 Å². The van der Waals surface area contributed by atoms with E-state index in [0.717, 1.165) is 34.6 Å². The highest BCUT2D eigenvalue weighted by atomic mass is 16.6. The molecule has 0 aliphatic heterocycles. The van der Waals surface area contributed by atoms with Crippen LogP contribution in [0.15, 0.2) is 54.9 Å². The topological polar surface area (TPSA) is 79.7 Å². The van der Waals surface area contributed by atoms with Crippen LogP contribution >= 0.6 is 0 Å². The lowest BCUT2D eigenvalue weighted by atomic mass is 9.71. The van der Waals surface area contributed by atoms with Gasteiger partial charge >= 0.3 is 11.9 Å². The predicted molar refractivity (Wildman–Crippen MR) is 158 cm³/mol. The summed E-state index contributed by atoms with van der Waals surface area (Å²) < 4.78 is 18.8. The van der Waals surface area contributed by atoms with Crippen LogP contribution in [0.4, 0.5) is 0 Å². The minimum absolute atomic E-state index is 0.119. The number of esters is 2. The van der Waals surface area contributed by atoms with Gasteiger partial charge in [-0.25, -0.2) is 4.98 Å². The SMILES string of the molecule is COC(=O)C(C)(C)CC(C)(CCC(C)C)C(=O)OCCOc1cc(C)c(-n2ccnc2-c2ccccc2)c(C)c1. The van der Waals surface area contributed by atoms with Crippen molar-refractivity contribution in [1.82, 2.24) is 9.55 Å². The van der Waals surface area contributed by atoms with E-state index in [2.05, 4.69) is 23.4 Å². The van der Waals surface area contributed by atoms with Crippen molar-refractivity contribution in [3.8, 4) is 22.8 Å². The zero-order valence-corrected chi connectivity index (χ0v) is 25.2. The Kier molecular flexibility index (Phi) is 10.2. The molecule has 0 N–H and O–H groups in total. The Labute approximate surface area is 238 Å². The van der Waals surface area contributed by atoms with Crippen molar-refractivity contribution in [3.63, 3.8) is 0 Å². The van der Waals surface area contributed by atoms with E-state index < -0.39 is 10.8 Å². The minimum atomic E-state index is -0.807. The summed E-state index contributed by atoms with van der Waals surface area (Å²) in [5, 5.41) is 0. The average Bonchev–Trinajstić information content (AvgIpc) is 3.38. The molecule has 0 aliphatic carbocycles. The fraction of sp³-hybridized carbons (Fsp3) is 0.485. The molecule has 0 saturated carbocycles. The van der Waals surface area contributed by atoms with Crippen molar-refractivity contribution in [2.24, 2.45) is 16.7 Å². The average molecular weight is 549 g/mol. The molecule has 0 spiro atoms. The first kappa shape index (κ1) is 30.9. The second-order valence-corrected chi connectivity index (χ2v) is 11.9. The molecule has 7 nitrogen and oxygen atoms in total. The van der Waals surface area contributed by atoms with Gasteiger partial charge in [0.05, 0.1) is 23.6 Å². The number of carbonyl (C=O) groups excluding carboxylic acids is 2. The molecule has 0 aliphatic rings. The molecule has 0 amide bonds. The maximum absolute atomic E-state index is 13.3. The van der Waals surface area contributed by atoms with Gasteiger partial charge in [-0.2, -0.15) is 0 Å². The number of carbonyl (C=O) groups is 2. The fourth-order valence-corrected chi connectivity index (χ4v) is 5.33. The van der Waals surface area contributed by atoms with Crippen molar-refractivity contribution in [2.45, 2.75) is 67.7 Å². The predicted octanol–water partition coefficient (Wildman–Crippen LogP) is 7.11. The minimum Gasteiger partial charge on any atom is -0.490 e. The van der Waals surface area contributed by atoms with Crippen LogP contribution in [0.25, 0.3) is 17.1 Å². The van der Waals surface area contributed by atoms with Gasteiger partial charge in [-0.1, -0.05) is 44.2 Å². The van der Waals surface area contributed by atoms with E-state index in [9.17, 15) is 9.59 Å². The molecule has 0 saturated heterocycles. The number of hydrogen-bond donors (Lipinski definition) is 0. The number of ether oxygens (including phenoxy) is 3. The Balaban J connectivity index is 1.66. The van der Waals surface area contributed by atoms with Gasteiger partial charge in [0.2, 0.25) is 0 Å². The van der Waals surface area contributed by atoms with Crippen LogP contribution < -0.4 is 4.74 Å². The molecule has 1 aromatic heterocycles. The zero-order valence-electron chi connectivity index (χ0n) is 25.2. The van der Waals surface area contributed by atoms with Gasteiger partial charge in [0.15, 0.2) is 0 Å². The second-order valence-electron chi connectivity index (χ2n) is 11.9. The molecular formula is C33H44N2O5. The molecule has 0 bridgehead atoms. The molecule has 1 atom stereocenters. The Hall–Kier alpha value is -3.61. The Morgan fingerprint density at radius 1 is 0.975 bits per heavy atom. The van der Waals surface area contributed by atoms with Crippen LogP contribution in [0.2, 0.25) is 0 Å². The van der Waals surface area contributed by atoms with Gasteiger partial charge in [0, 0.05) is 18.0 Å². The van der Waals surface area contributed by atoms with Gasteiger partial charge in [-0.05, 0) is 83.1 Å². The number of aromatic nitrogens is 2. The summed E-state index contributed by atoms with van der Waals surface area (Å²) in [6.07, 6.45) is 5.60. The standard InChI is InChI=1S/C33H44N2O5/c1-23(2)14-15-33(7,22-32(5,6)30(36)38-8)31(37)40-19-18-39-27-20-24(3)28(25(4)21-27)35-17-16-34-29(35)26-12-10-9-11-13-26/h9-13,16-17,20-21,23H,14-15,18-19,22H2,1-8H3. The summed E-state index contributed by atoms with van der Waals surface area (Å²) in [5.74, 6) is 1.37. The smallest absolute Gasteiger partial charge is 0.311 e. The lowest BCUT2D eigenvalue weighted by Crippen LogP contribution is -2.39. The monoisotopic (exact) mass is 548 g/mol. The van der Waals surface area contributed by atoms with Crippen LogP contribution in [0.1, 0.15) is 65.0 Å². The van der Waals surface area contributed by atoms with Crippen LogP contribution in [-0.4, -0.2) is 41.8 Å². The number of benzene rings is 2. The summed E-state index contributed by atoms with van der Waals surface area (Å²) >= 11 is 0. The largest absolute Gasteiger partial charge is 0.490 e. The van der Waals surface area contributed by atoms with Crippen molar-refractivity contribution < 1.29 is 23.8 Å². The third-order valence-electron chi connectivity index (χ3n) is 7.30. The van der Waals surface area contributed by atoms with E-state index in [1.807, 2.05) is 83.3 Å². The van der Waals surface area contributed by atoms with E-state index in [-0.39, 0.29) is 25.2 Å². The number of imidazole rings is 1. The van der Waals surface area contributed by atoms with Gasteiger partial charge in [0.25, 0.3) is 0 Å². The molecule has 3 aromatic rings. The van der Waals surface area contributed by atoms with Gasteiger partial charge in [-0.3, -0.25) is 14.2 Å². The van der Waals surface area contributed by atoms with Crippen molar-refractivity contribution in [1.29, 1.82) is 0 Å². The first-order valence-corrected chi connectivity index (χ1v) is 14.0. The Morgan fingerprint density at radius 3 is 2.23 bits per heavy atom. The van der Waals surface area contributed by atoms with E-state index in [1.165, 1.54) is 7.11 Å². The molecule has 0 radical (unpaired) electrons. The van der Waals surface area contributed by atoms with Gasteiger partial charge in [0.1, 0.15) is 24.8 Å². The zero-order chi connectivity index (χ0) is 29.5. The normalized spacial score (nSPS) is 13.1. The summed E-state index contributed by atoms with van der Waals surface area (Å²) in [6, 6.07) is 14.1. The summed E-state index contributed by atoms with van der Waals surface area (Å²) in [7, 11) is 1.37. The molecule has 0 fully saturated rings. The van der Waals surface area contributed by atoms with Crippen molar-refractivity contribution >= 4 is 11.9 Å². The van der Waals surface area contributed by atoms with Crippen molar-refractivity contribution in [2.75, 3.05) is 20.3 Å². The van der Waals surface area contributed by atoms with Crippen LogP contribution in [0.3, 0.4) is 0 Å². The second kappa shape index (κ2) is 13.2. The van der Waals surface area contributed by atoms with E-state index in [0.29, 0.717) is 24.5 Å². The fourth-order valence-electron chi connectivity index (χ4n) is 5.33. The summed E-state index contributed by atoms with van der Waals surface area (Å²) in [5.41, 5.74) is 2.59. The summed E-state index contributed by atoms with van der Waals surface area (Å²) in [6.45, 7) is 14.2. The third kappa shape index (κ3) is 7.52. The van der Waals surface area contributed by atoms with Gasteiger partial charge in [-0.15, -0.1) is 0 Å². The molecule has 3 rings (SSSR count). The maximum atomic E-state index is 13.3.